The molecule has 3 rings (SSSR count). The van der Waals surface area contributed by atoms with Crippen molar-refractivity contribution in [3.8, 4) is 0 Å². The highest BCUT2D eigenvalue weighted by atomic mass is 35.5. The van der Waals surface area contributed by atoms with Gasteiger partial charge >= 0.3 is 0 Å². The van der Waals surface area contributed by atoms with Gasteiger partial charge in [0.2, 0.25) is 10.0 Å². The van der Waals surface area contributed by atoms with Crippen LogP contribution >= 0.6 is 23.2 Å². The standard InChI is InChI=1S/C18H20Cl2N2O2S/c1-13-3-6-17(14(2)11-13)21-7-9-22(10-8-21)25(23,24)18-12-15(19)4-5-16(18)20/h3-6,11-12H,7-10H2,1-2H3. The molecule has 0 spiro atoms. The van der Waals surface area contributed by atoms with E-state index in [1.54, 1.807) is 6.07 Å². The minimum Gasteiger partial charge on any atom is -0.369 e. The molecule has 0 aliphatic carbocycles. The molecule has 0 radical (unpaired) electrons. The predicted octanol–water partition coefficient (Wildman–Crippen LogP) is 4.12. The van der Waals surface area contributed by atoms with Crippen molar-refractivity contribution in [2.24, 2.45) is 0 Å². The summed E-state index contributed by atoms with van der Waals surface area (Å²) in [5, 5.41) is 0.554. The molecular formula is C18H20Cl2N2O2S. The molecule has 1 heterocycles. The maximum atomic E-state index is 12.9. The van der Waals surface area contributed by atoms with Gasteiger partial charge < -0.3 is 4.90 Å². The summed E-state index contributed by atoms with van der Waals surface area (Å²) in [5.41, 5.74) is 3.58. The Bertz CT molecular complexity index is 892. The molecule has 1 fully saturated rings. The fourth-order valence-corrected chi connectivity index (χ4v) is 5.30. The van der Waals surface area contributed by atoms with E-state index >= 15 is 0 Å². The third kappa shape index (κ3) is 3.80. The molecule has 0 aromatic heterocycles. The molecule has 134 valence electrons. The zero-order chi connectivity index (χ0) is 18.2. The van der Waals surface area contributed by atoms with Crippen LogP contribution in [0.5, 0.6) is 0 Å². The average Bonchev–Trinajstić information content (AvgIpc) is 2.57. The molecule has 1 aliphatic rings. The number of piperazine rings is 1. The molecular weight excluding hydrogens is 379 g/mol. The van der Waals surface area contributed by atoms with Crippen LogP contribution in [0.3, 0.4) is 0 Å². The van der Waals surface area contributed by atoms with Gasteiger partial charge in [-0.1, -0.05) is 40.9 Å². The molecule has 0 saturated carbocycles. The van der Waals surface area contributed by atoms with Gasteiger partial charge in [-0.2, -0.15) is 4.31 Å². The van der Waals surface area contributed by atoms with Crippen molar-refractivity contribution in [1.82, 2.24) is 4.31 Å². The van der Waals surface area contributed by atoms with Crippen molar-refractivity contribution < 1.29 is 8.42 Å². The highest BCUT2D eigenvalue weighted by molar-refractivity contribution is 7.89. The van der Waals surface area contributed by atoms with Crippen LogP contribution in [0.1, 0.15) is 11.1 Å². The number of hydrogen-bond acceptors (Lipinski definition) is 3. The lowest BCUT2D eigenvalue weighted by Gasteiger charge is -2.36. The molecule has 0 unspecified atom stereocenters. The highest BCUT2D eigenvalue weighted by Crippen LogP contribution is 2.29. The second-order valence-electron chi connectivity index (χ2n) is 6.26. The molecule has 2 aromatic carbocycles. The van der Waals surface area contributed by atoms with Crippen molar-refractivity contribution in [2.45, 2.75) is 18.7 Å². The Morgan fingerprint density at radius 3 is 2.24 bits per heavy atom. The largest absolute Gasteiger partial charge is 0.369 e. The van der Waals surface area contributed by atoms with Crippen molar-refractivity contribution in [1.29, 1.82) is 0 Å². The number of sulfonamides is 1. The Balaban J connectivity index is 1.78. The monoisotopic (exact) mass is 398 g/mol. The van der Waals surface area contributed by atoms with Gasteiger partial charge in [-0.15, -0.1) is 0 Å². The summed E-state index contributed by atoms with van der Waals surface area (Å²) < 4.78 is 27.2. The summed E-state index contributed by atoms with van der Waals surface area (Å²) in [6.07, 6.45) is 0. The fraction of sp³-hybridized carbons (Fsp3) is 0.333. The first-order valence-corrected chi connectivity index (χ1v) is 10.3. The van der Waals surface area contributed by atoms with E-state index in [-0.39, 0.29) is 9.92 Å². The second-order valence-corrected chi connectivity index (χ2v) is 9.01. The first-order valence-electron chi connectivity index (χ1n) is 8.06. The molecule has 25 heavy (non-hydrogen) atoms. The first-order chi connectivity index (χ1) is 11.8. The Kier molecular flexibility index (Phi) is 5.30. The summed E-state index contributed by atoms with van der Waals surface area (Å²) in [6, 6.07) is 10.8. The van der Waals surface area contributed by atoms with Crippen LogP contribution in [-0.2, 0) is 10.0 Å². The molecule has 0 bridgehead atoms. The van der Waals surface area contributed by atoms with Gasteiger partial charge in [-0.3, -0.25) is 0 Å². The van der Waals surface area contributed by atoms with Crippen LogP contribution in [0, 0.1) is 13.8 Å². The molecule has 0 N–H and O–H groups in total. The zero-order valence-electron chi connectivity index (χ0n) is 14.2. The number of nitrogens with zero attached hydrogens (tertiary/aromatic N) is 2. The molecule has 4 nitrogen and oxygen atoms in total. The SMILES string of the molecule is Cc1ccc(N2CCN(S(=O)(=O)c3cc(Cl)ccc3Cl)CC2)c(C)c1. The molecule has 2 aromatic rings. The van der Waals surface area contributed by atoms with Gasteiger partial charge in [0.15, 0.2) is 0 Å². The van der Waals surface area contributed by atoms with Gasteiger partial charge in [0.1, 0.15) is 4.90 Å². The normalized spacial score (nSPS) is 16.2. The Labute approximate surface area is 159 Å². The summed E-state index contributed by atoms with van der Waals surface area (Å²) in [4.78, 5) is 2.29. The van der Waals surface area contributed by atoms with E-state index in [1.807, 2.05) is 0 Å². The topological polar surface area (TPSA) is 40.6 Å². The summed E-state index contributed by atoms with van der Waals surface area (Å²) in [7, 11) is -3.65. The van der Waals surface area contributed by atoms with E-state index in [0.29, 0.717) is 31.2 Å². The number of hydrogen-bond donors (Lipinski definition) is 0. The van der Waals surface area contributed by atoms with Crippen molar-refractivity contribution in [2.75, 3.05) is 31.1 Å². The predicted molar refractivity (Wildman–Crippen MR) is 103 cm³/mol. The number of anilines is 1. The first kappa shape index (κ1) is 18.5. The van der Waals surface area contributed by atoms with Crippen LogP contribution in [0.2, 0.25) is 10.0 Å². The minimum atomic E-state index is -3.65. The summed E-state index contributed by atoms with van der Waals surface area (Å²) in [6.45, 7) is 6.26. The maximum absolute atomic E-state index is 12.9. The Morgan fingerprint density at radius 2 is 1.60 bits per heavy atom. The lowest BCUT2D eigenvalue weighted by molar-refractivity contribution is 0.385. The molecule has 0 atom stereocenters. The van der Waals surface area contributed by atoms with Gasteiger partial charge in [0.05, 0.1) is 5.02 Å². The third-order valence-electron chi connectivity index (χ3n) is 4.44. The van der Waals surface area contributed by atoms with Crippen LogP contribution in [0.25, 0.3) is 0 Å². The smallest absolute Gasteiger partial charge is 0.244 e. The van der Waals surface area contributed by atoms with E-state index in [9.17, 15) is 8.42 Å². The van der Waals surface area contributed by atoms with Gasteiger partial charge in [-0.05, 0) is 43.7 Å². The summed E-state index contributed by atoms with van der Waals surface area (Å²) >= 11 is 12.0. The highest BCUT2D eigenvalue weighted by Gasteiger charge is 2.30. The maximum Gasteiger partial charge on any atom is 0.244 e. The summed E-state index contributed by atoms with van der Waals surface area (Å²) in [5.74, 6) is 0. The molecule has 7 heteroatoms. The second kappa shape index (κ2) is 7.16. The lowest BCUT2D eigenvalue weighted by Crippen LogP contribution is -2.48. The number of halogens is 2. The molecule has 1 aliphatic heterocycles. The van der Waals surface area contributed by atoms with Crippen LogP contribution in [0.4, 0.5) is 5.69 Å². The van der Waals surface area contributed by atoms with Crippen LogP contribution in [0.15, 0.2) is 41.3 Å². The quantitative estimate of drug-likeness (QED) is 0.780. The average molecular weight is 399 g/mol. The van der Waals surface area contributed by atoms with Crippen LogP contribution in [-0.4, -0.2) is 38.9 Å². The van der Waals surface area contributed by atoms with E-state index in [1.165, 1.54) is 27.6 Å². The fourth-order valence-electron chi connectivity index (χ4n) is 3.14. The van der Waals surface area contributed by atoms with Gasteiger partial charge in [0, 0.05) is 36.9 Å². The van der Waals surface area contributed by atoms with Crippen molar-refractivity contribution in [3.63, 3.8) is 0 Å². The van der Waals surface area contributed by atoms with Gasteiger partial charge in [-0.25, -0.2) is 8.42 Å². The van der Waals surface area contributed by atoms with Gasteiger partial charge in [0.25, 0.3) is 0 Å². The number of benzene rings is 2. The van der Waals surface area contributed by atoms with Crippen molar-refractivity contribution in [3.05, 3.63) is 57.6 Å². The van der Waals surface area contributed by atoms with Crippen LogP contribution < -0.4 is 4.90 Å². The Hall–Kier alpha value is -1.27. The minimum absolute atomic E-state index is 0.0710. The van der Waals surface area contributed by atoms with E-state index in [4.69, 9.17) is 23.2 Å². The van der Waals surface area contributed by atoms with Crippen molar-refractivity contribution >= 4 is 38.9 Å². The van der Waals surface area contributed by atoms with E-state index in [2.05, 4.69) is 36.9 Å². The molecule has 0 amide bonds. The third-order valence-corrected chi connectivity index (χ3v) is 7.06. The number of rotatable bonds is 3. The van der Waals surface area contributed by atoms with E-state index in [0.717, 1.165) is 5.69 Å². The number of aryl methyl sites for hydroxylation is 2. The molecule has 1 saturated heterocycles. The zero-order valence-corrected chi connectivity index (χ0v) is 16.5. The lowest BCUT2D eigenvalue weighted by atomic mass is 10.1. The van der Waals surface area contributed by atoms with E-state index < -0.39 is 10.0 Å². The Morgan fingerprint density at radius 1 is 0.920 bits per heavy atom.